The van der Waals surface area contributed by atoms with Crippen LogP contribution in [0.3, 0.4) is 0 Å². The number of amides is 1. The summed E-state index contributed by atoms with van der Waals surface area (Å²) in [5, 5.41) is 3.05. The maximum Gasteiger partial charge on any atom is 0.287 e. The van der Waals surface area contributed by atoms with Crippen molar-refractivity contribution in [1.29, 1.82) is 0 Å². The van der Waals surface area contributed by atoms with E-state index in [9.17, 15) is 9.18 Å². The highest BCUT2D eigenvalue weighted by atomic mass is 19.1. The van der Waals surface area contributed by atoms with Crippen LogP contribution in [0, 0.1) is 5.82 Å². The Labute approximate surface area is 211 Å². The fourth-order valence-electron chi connectivity index (χ4n) is 4.99. The lowest BCUT2D eigenvalue weighted by Crippen LogP contribution is -2.26. The molecule has 1 amide bonds. The van der Waals surface area contributed by atoms with Gasteiger partial charge in [-0.25, -0.2) is 9.37 Å². The number of furan rings is 1. The summed E-state index contributed by atoms with van der Waals surface area (Å²) in [7, 11) is 0. The van der Waals surface area contributed by atoms with Crippen LogP contribution in [0.5, 0.6) is 0 Å². The van der Waals surface area contributed by atoms with Gasteiger partial charge >= 0.3 is 0 Å². The highest BCUT2D eigenvalue weighted by molar-refractivity contribution is 5.92. The van der Waals surface area contributed by atoms with Crippen molar-refractivity contribution in [2.24, 2.45) is 0 Å². The molecule has 4 aromatic rings. The van der Waals surface area contributed by atoms with E-state index in [2.05, 4.69) is 53.0 Å². The molecule has 5 rings (SSSR count). The molecule has 1 aliphatic rings. The summed E-state index contributed by atoms with van der Waals surface area (Å²) in [4.78, 5) is 17.7. The van der Waals surface area contributed by atoms with Crippen LogP contribution >= 0.6 is 0 Å². The molecular formula is C30H32FN3O2. The second kappa shape index (κ2) is 10.1. The van der Waals surface area contributed by atoms with Crippen LogP contribution in [-0.2, 0) is 0 Å². The Balaban J connectivity index is 1.41. The summed E-state index contributed by atoms with van der Waals surface area (Å²) in [6.45, 7) is 6.29. The minimum absolute atomic E-state index is 0.161. The Bertz CT molecular complexity index is 1330. The zero-order valence-electron chi connectivity index (χ0n) is 21.0. The number of carbonyl (C=O) groups excluding carboxylic acids is 1. The van der Waals surface area contributed by atoms with Gasteiger partial charge in [0.1, 0.15) is 11.5 Å². The van der Waals surface area contributed by atoms with Crippen LogP contribution in [-0.4, -0.2) is 15.5 Å². The SMILES string of the molecule is CC(C)c1ccc([C@@H](C)NC(=O)c2ccc(-c3c(-c4ccc(F)cc4)ncn3C3CCCC3)o2)cc1. The van der Waals surface area contributed by atoms with Crippen molar-refractivity contribution in [3.63, 3.8) is 0 Å². The number of aromatic nitrogens is 2. The van der Waals surface area contributed by atoms with E-state index in [-0.39, 0.29) is 23.5 Å². The molecule has 0 saturated heterocycles. The molecule has 2 aromatic carbocycles. The summed E-state index contributed by atoms with van der Waals surface area (Å²) in [6.07, 6.45) is 6.35. The highest BCUT2D eigenvalue weighted by Gasteiger charge is 2.26. The normalized spacial score (nSPS) is 14.9. The molecule has 2 aromatic heterocycles. The fourth-order valence-corrected chi connectivity index (χ4v) is 4.99. The molecule has 0 unspecified atom stereocenters. The fraction of sp³-hybridized carbons (Fsp3) is 0.333. The number of imidazole rings is 1. The first-order valence-corrected chi connectivity index (χ1v) is 12.7. The monoisotopic (exact) mass is 485 g/mol. The van der Waals surface area contributed by atoms with Crippen LogP contribution in [0.1, 0.15) is 86.1 Å². The van der Waals surface area contributed by atoms with Gasteiger partial charge in [-0.15, -0.1) is 0 Å². The minimum Gasteiger partial charge on any atom is -0.449 e. The summed E-state index contributed by atoms with van der Waals surface area (Å²) >= 11 is 0. The molecule has 1 aliphatic carbocycles. The van der Waals surface area contributed by atoms with Gasteiger partial charge < -0.3 is 14.3 Å². The molecule has 1 saturated carbocycles. The van der Waals surface area contributed by atoms with Gasteiger partial charge in [-0.2, -0.15) is 0 Å². The van der Waals surface area contributed by atoms with E-state index in [1.54, 1.807) is 18.2 Å². The average molecular weight is 486 g/mol. The quantitative estimate of drug-likeness (QED) is 0.292. The Hall–Kier alpha value is -3.67. The standard InChI is InChI=1S/C30H32FN3O2/c1-19(2)21-8-10-22(11-9-21)20(3)33-30(35)27-17-16-26(36-27)29-28(23-12-14-24(31)15-13-23)32-18-34(29)25-6-4-5-7-25/h8-20,25H,4-7H2,1-3H3,(H,33,35)/t20-/m1/s1. The predicted octanol–water partition coefficient (Wildman–Crippen LogP) is 7.68. The molecule has 1 fully saturated rings. The van der Waals surface area contributed by atoms with E-state index in [0.29, 0.717) is 17.7 Å². The number of carbonyl (C=O) groups is 1. The first-order chi connectivity index (χ1) is 17.4. The molecule has 186 valence electrons. The Morgan fingerprint density at radius 3 is 2.31 bits per heavy atom. The van der Waals surface area contributed by atoms with E-state index in [1.807, 2.05) is 19.3 Å². The van der Waals surface area contributed by atoms with Crippen molar-refractivity contribution >= 4 is 5.91 Å². The molecule has 0 radical (unpaired) electrons. The Kier molecular flexibility index (Phi) is 6.77. The molecule has 6 heteroatoms. The van der Waals surface area contributed by atoms with Gasteiger partial charge in [0.2, 0.25) is 0 Å². The first kappa shape index (κ1) is 24.0. The molecule has 2 heterocycles. The maximum atomic E-state index is 13.6. The smallest absolute Gasteiger partial charge is 0.287 e. The molecule has 0 spiro atoms. The lowest BCUT2D eigenvalue weighted by atomic mass is 9.99. The molecular weight excluding hydrogens is 453 g/mol. The summed E-state index contributed by atoms with van der Waals surface area (Å²) in [5.41, 5.74) is 4.66. The van der Waals surface area contributed by atoms with Gasteiger partial charge in [-0.1, -0.05) is 51.0 Å². The van der Waals surface area contributed by atoms with Crippen LogP contribution in [0.4, 0.5) is 4.39 Å². The van der Waals surface area contributed by atoms with E-state index in [0.717, 1.165) is 35.4 Å². The predicted molar refractivity (Wildman–Crippen MR) is 139 cm³/mol. The summed E-state index contributed by atoms with van der Waals surface area (Å²) in [5.74, 6) is 0.734. The maximum absolute atomic E-state index is 13.6. The second-order valence-corrected chi connectivity index (χ2v) is 9.97. The van der Waals surface area contributed by atoms with E-state index in [1.165, 1.54) is 30.5 Å². The van der Waals surface area contributed by atoms with Crippen LogP contribution < -0.4 is 5.32 Å². The third kappa shape index (κ3) is 4.85. The Morgan fingerprint density at radius 2 is 1.64 bits per heavy atom. The van der Waals surface area contributed by atoms with Gasteiger partial charge in [-0.3, -0.25) is 4.79 Å². The number of nitrogens with zero attached hydrogens (tertiary/aromatic N) is 2. The van der Waals surface area contributed by atoms with Crippen molar-refractivity contribution in [2.45, 2.75) is 64.5 Å². The van der Waals surface area contributed by atoms with E-state index >= 15 is 0 Å². The zero-order chi connectivity index (χ0) is 25.2. The topological polar surface area (TPSA) is 60.1 Å². The van der Waals surface area contributed by atoms with E-state index in [4.69, 9.17) is 4.42 Å². The third-order valence-corrected chi connectivity index (χ3v) is 7.14. The van der Waals surface area contributed by atoms with Crippen molar-refractivity contribution in [1.82, 2.24) is 14.9 Å². The number of hydrogen-bond donors (Lipinski definition) is 1. The summed E-state index contributed by atoms with van der Waals surface area (Å²) < 4.78 is 21.8. The molecule has 1 N–H and O–H groups in total. The first-order valence-electron chi connectivity index (χ1n) is 12.7. The van der Waals surface area contributed by atoms with Crippen molar-refractivity contribution in [3.8, 4) is 22.7 Å². The van der Waals surface area contributed by atoms with Crippen LogP contribution in [0.25, 0.3) is 22.7 Å². The van der Waals surface area contributed by atoms with Gasteiger partial charge in [0.15, 0.2) is 11.5 Å². The van der Waals surface area contributed by atoms with Crippen molar-refractivity contribution < 1.29 is 13.6 Å². The molecule has 36 heavy (non-hydrogen) atoms. The third-order valence-electron chi connectivity index (χ3n) is 7.14. The number of hydrogen-bond acceptors (Lipinski definition) is 3. The minimum atomic E-state index is -0.291. The molecule has 0 bridgehead atoms. The molecule has 0 aliphatic heterocycles. The lowest BCUT2D eigenvalue weighted by molar-refractivity contribution is 0.0912. The number of rotatable bonds is 7. The second-order valence-electron chi connectivity index (χ2n) is 9.97. The van der Waals surface area contributed by atoms with Crippen LogP contribution in [0.2, 0.25) is 0 Å². The van der Waals surface area contributed by atoms with Gasteiger partial charge in [-0.05, 0) is 73.2 Å². The highest BCUT2D eigenvalue weighted by Crippen LogP contribution is 2.39. The molecule has 5 nitrogen and oxygen atoms in total. The van der Waals surface area contributed by atoms with Gasteiger partial charge in [0.05, 0.1) is 18.1 Å². The van der Waals surface area contributed by atoms with Gasteiger partial charge in [0, 0.05) is 11.6 Å². The summed E-state index contributed by atoms with van der Waals surface area (Å²) in [6, 6.07) is 18.4. The van der Waals surface area contributed by atoms with Crippen LogP contribution in [0.15, 0.2) is 71.4 Å². The van der Waals surface area contributed by atoms with Crippen molar-refractivity contribution in [2.75, 3.05) is 0 Å². The number of benzene rings is 2. The number of nitrogens with one attached hydrogen (secondary N) is 1. The lowest BCUT2D eigenvalue weighted by Gasteiger charge is -2.16. The van der Waals surface area contributed by atoms with E-state index < -0.39 is 0 Å². The Morgan fingerprint density at radius 1 is 0.972 bits per heavy atom. The number of halogens is 1. The van der Waals surface area contributed by atoms with Gasteiger partial charge in [0.25, 0.3) is 5.91 Å². The van der Waals surface area contributed by atoms with Crippen molar-refractivity contribution in [3.05, 3.63) is 89.7 Å². The largest absolute Gasteiger partial charge is 0.449 e. The average Bonchev–Trinajstić information content (AvgIpc) is 3.64. The zero-order valence-corrected chi connectivity index (χ0v) is 21.0. The molecule has 1 atom stereocenters.